The van der Waals surface area contributed by atoms with E-state index in [0.29, 0.717) is 4.34 Å². The number of hydrogen-bond acceptors (Lipinski definition) is 8. The standard InChI is InChI=1S/C14H11NO5S2/c1-2-19-13(18)10-11(9(16)12(17)20-10)22-14-15-7-5-3-4-6-8(7)21-14/h3-6,10,16H,2H2,1H3. The third-order valence-corrected chi connectivity index (χ3v) is 5.09. The summed E-state index contributed by atoms with van der Waals surface area (Å²) in [7, 11) is 0. The summed E-state index contributed by atoms with van der Waals surface area (Å²) in [4.78, 5) is 27.8. The molecule has 2 aromatic rings. The number of thiazole rings is 1. The van der Waals surface area contributed by atoms with E-state index < -0.39 is 23.8 Å². The van der Waals surface area contributed by atoms with Crippen LogP contribution in [-0.2, 0) is 19.1 Å². The van der Waals surface area contributed by atoms with Crippen molar-refractivity contribution in [2.45, 2.75) is 17.4 Å². The van der Waals surface area contributed by atoms with Gasteiger partial charge in [0.15, 0.2) is 4.34 Å². The van der Waals surface area contributed by atoms with E-state index in [4.69, 9.17) is 9.47 Å². The molecule has 0 radical (unpaired) electrons. The van der Waals surface area contributed by atoms with Crippen molar-refractivity contribution in [2.24, 2.45) is 0 Å². The van der Waals surface area contributed by atoms with Crippen molar-refractivity contribution in [1.82, 2.24) is 4.98 Å². The van der Waals surface area contributed by atoms with Crippen LogP contribution in [0, 0.1) is 0 Å². The van der Waals surface area contributed by atoms with Crippen LogP contribution in [0.4, 0.5) is 0 Å². The van der Waals surface area contributed by atoms with Gasteiger partial charge in [-0.2, -0.15) is 0 Å². The first-order valence-electron chi connectivity index (χ1n) is 6.44. The highest BCUT2D eigenvalue weighted by molar-refractivity contribution is 8.04. The molecule has 2 heterocycles. The minimum Gasteiger partial charge on any atom is -0.501 e. The van der Waals surface area contributed by atoms with Crippen LogP contribution in [0.5, 0.6) is 0 Å². The second-order valence-electron chi connectivity index (χ2n) is 4.30. The first-order valence-corrected chi connectivity index (χ1v) is 8.07. The third-order valence-electron chi connectivity index (χ3n) is 2.86. The first kappa shape index (κ1) is 14.9. The van der Waals surface area contributed by atoms with Crippen molar-refractivity contribution >= 4 is 45.3 Å². The van der Waals surface area contributed by atoms with E-state index in [1.165, 1.54) is 11.3 Å². The predicted molar refractivity (Wildman–Crippen MR) is 81.6 cm³/mol. The Balaban J connectivity index is 1.90. The first-order chi connectivity index (χ1) is 10.6. The third kappa shape index (κ3) is 2.67. The molecule has 0 saturated heterocycles. The number of thioether (sulfide) groups is 1. The summed E-state index contributed by atoms with van der Waals surface area (Å²) in [6.07, 6.45) is -1.23. The number of rotatable bonds is 4. The average molecular weight is 337 g/mol. The highest BCUT2D eigenvalue weighted by Crippen LogP contribution is 2.40. The summed E-state index contributed by atoms with van der Waals surface area (Å²) in [6.45, 7) is 1.81. The number of cyclic esters (lactones) is 1. The van der Waals surface area contributed by atoms with Gasteiger partial charge >= 0.3 is 11.9 Å². The van der Waals surface area contributed by atoms with Gasteiger partial charge in [0.1, 0.15) is 0 Å². The Morgan fingerprint density at radius 1 is 1.50 bits per heavy atom. The number of ether oxygens (including phenoxy) is 2. The highest BCUT2D eigenvalue weighted by Gasteiger charge is 2.41. The zero-order valence-corrected chi connectivity index (χ0v) is 13.1. The maximum absolute atomic E-state index is 11.8. The number of aliphatic hydroxyl groups is 1. The Morgan fingerprint density at radius 3 is 3.00 bits per heavy atom. The summed E-state index contributed by atoms with van der Waals surface area (Å²) in [5.74, 6) is -2.20. The number of carbonyl (C=O) groups is 2. The van der Waals surface area contributed by atoms with Gasteiger partial charge in [-0.25, -0.2) is 14.6 Å². The highest BCUT2D eigenvalue weighted by atomic mass is 32.2. The summed E-state index contributed by atoms with van der Waals surface area (Å²) >= 11 is 2.44. The van der Waals surface area contributed by atoms with E-state index in [9.17, 15) is 14.7 Å². The van der Waals surface area contributed by atoms with E-state index in [0.717, 1.165) is 22.0 Å². The Kier molecular flexibility index (Phi) is 4.04. The predicted octanol–water partition coefficient (Wildman–Crippen LogP) is 2.65. The number of fused-ring (bicyclic) bond motifs is 1. The molecule has 22 heavy (non-hydrogen) atoms. The molecule has 1 N–H and O–H groups in total. The summed E-state index contributed by atoms with van der Waals surface area (Å²) in [6, 6.07) is 7.56. The van der Waals surface area contributed by atoms with Gasteiger partial charge in [-0.3, -0.25) is 0 Å². The van der Waals surface area contributed by atoms with Crippen LogP contribution in [-0.4, -0.2) is 34.7 Å². The largest absolute Gasteiger partial charge is 0.501 e. The number of aliphatic hydroxyl groups excluding tert-OH is 1. The Morgan fingerprint density at radius 2 is 2.27 bits per heavy atom. The van der Waals surface area contributed by atoms with Gasteiger partial charge in [-0.05, 0) is 19.1 Å². The molecule has 6 nitrogen and oxygen atoms in total. The van der Waals surface area contributed by atoms with Crippen molar-refractivity contribution < 1.29 is 24.2 Å². The second-order valence-corrected chi connectivity index (χ2v) is 6.62. The molecule has 8 heteroatoms. The monoisotopic (exact) mass is 337 g/mol. The van der Waals surface area contributed by atoms with Crippen LogP contribution in [0.1, 0.15) is 6.92 Å². The summed E-state index contributed by atoms with van der Waals surface area (Å²) in [5.41, 5.74) is 0.813. The zero-order valence-electron chi connectivity index (χ0n) is 11.4. The van der Waals surface area contributed by atoms with Crippen LogP contribution in [0.25, 0.3) is 10.2 Å². The molecule has 3 rings (SSSR count). The minimum atomic E-state index is -1.23. The minimum absolute atomic E-state index is 0.113. The smallest absolute Gasteiger partial charge is 0.375 e. The maximum Gasteiger partial charge on any atom is 0.375 e. The lowest BCUT2D eigenvalue weighted by molar-refractivity contribution is -0.160. The second kappa shape index (κ2) is 5.98. The topological polar surface area (TPSA) is 85.7 Å². The van der Waals surface area contributed by atoms with Gasteiger partial charge in [0.05, 0.1) is 21.7 Å². The summed E-state index contributed by atoms with van der Waals surface area (Å²) < 4.78 is 11.3. The van der Waals surface area contributed by atoms with E-state index in [-0.39, 0.29) is 11.5 Å². The van der Waals surface area contributed by atoms with Gasteiger partial charge in [0.2, 0.25) is 11.9 Å². The van der Waals surface area contributed by atoms with Crippen LogP contribution in [0.15, 0.2) is 39.3 Å². The molecule has 1 atom stereocenters. The molecular weight excluding hydrogens is 326 g/mol. The van der Waals surface area contributed by atoms with Gasteiger partial charge in [-0.15, -0.1) is 11.3 Å². The Hall–Kier alpha value is -2.06. The van der Waals surface area contributed by atoms with Crippen LogP contribution >= 0.6 is 23.1 Å². The number of para-hydroxylation sites is 1. The maximum atomic E-state index is 11.8. The fourth-order valence-corrected chi connectivity index (χ4v) is 4.07. The number of aromatic nitrogens is 1. The zero-order chi connectivity index (χ0) is 15.7. The molecule has 1 aromatic heterocycles. The van der Waals surface area contributed by atoms with E-state index in [1.807, 2.05) is 24.3 Å². The molecule has 0 saturated carbocycles. The normalized spacial score (nSPS) is 17.9. The summed E-state index contributed by atoms with van der Waals surface area (Å²) in [5, 5.41) is 9.83. The van der Waals surface area contributed by atoms with Gasteiger partial charge in [0.25, 0.3) is 0 Å². The molecule has 1 unspecified atom stereocenters. The Labute approximate surface area is 133 Å². The van der Waals surface area contributed by atoms with Crippen LogP contribution in [0.3, 0.4) is 0 Å². The van der Waals surface area contributed by atoms with Crippen LogP contribution in [0.2, 0.25) is 0 Å². The molecule has 0 spiro atoms. The lowest BCUT2D eigenvalue weighted by Crippen LogP contribution is -2.25. The SMILES string of the molecule is CCOC(=O)C1OC(=O)C(O)=C1Sc1nc2ccccc2s1. The molecule has 1 aromatic carbocycles. The average Bonchev–Trinajstić information content (AvgIpc) is 3.03. The van der Waals surface area contributed by atoms with E-state index >= 15 is 0 Å². The molecule has 114 valence electrons. The molecule has 1 aliphatic heterocycles. The van der Waals surface area contributed by atoms with Crippen molar-refractivity contribution in [1.29, 1.82) is 0 Å². The lowest BCUT2D eigenvalue weighted by atomic mass is 10.3. The van der Waals surface area contributed by atoms with Gasteiger partial charge in [-0.1, -0.05) is 23.9 Å². The number of hydrogen-bond donors (Lipinski definition) is 1. The lowest BCUT2D eigenvalue weighted by Gasteiger charge is -2.10. The van der Waals surface area contributed by atoms with Gasteiger partial charge in [0, 0.05) is 0 Å². The van der Waals surface area contributed by atoms with Gasteiger partial charge < -0.3 is 14.6 Å². The fourth-order valence-electron chi connectivity index (χ4n) is 1.90. The Bertz CT molecular complexity index is 749. The van der Waals surface area contributed by atoms with Crippen molar-refractivity contribution in [3.8, 4) is 0 Å². The van der Waals surface area contributed by atoms with Crippen molar-refractivity contribution in [3.05, 3.63) is 34.9 Å². The molecular formula is C14H11NO5S2. The number of nitrogens with zero attached hydrogens (tertiary/aromatic N) is 1. The number of carbonyl (C=O) groups excluding carboxylic acids is 2. The van der Waals surface area contributed by atoms with E-state index in [2.05, 4.69) is 4.98 Å². The molecule has 0 amide bonds. The fraction of sp³-hybridized carbons (Fsp3) is 0.214. The van der Waals surface area contributed by atoms with E-state index in [1.54, 1.807) is 6.92 Å². The number of esters is 2. The molecule has 1 aliphatic rings. The van der Waals surface area contributed by atoms with Crippen molar-refractivity contribution in [3.63, 3.8) is 0 Å². The number of benzene rings is 1. The molecule has 0 bridgehead atoms. The van der Waals surface area contributed by atoms with Crippen LogP contribution < -0.4 is 0 Å². The molecule has 0 fully saturated rings. The molecule has 0 aliphatic carbocycles. The quantitative estimate of drug-likeness (QED) is 0.858. The van der Waals surface area contributed by atoms with Crippen molar-refractivity contribution in [2.75, 3.05) is 6.61 Å².